The Labute approximate surface area is 116 Å². The molecule has 0 unspecified atom stereocenters. The average Bonchev–Trinajstić information content (AvgIpc) is 2.76. The second kappa shape index (κ2) is 4.89. The Bertz CT molecular complexity index is 822. The summed E-state index contributed by atoms with van der Waals surface area (Å²) >= 11 is 0. The van der Waals surface area contributed by atoms with Gasteiger partial charge in [-0.05, 0) is 24.3 Å². The molecule has 0 radical (unpaired) electrons. The molecule has 0 bridgehead atoms. The van der Waals surface area contributed by atoms with Crippen LogP contribution in [-0.2, 0) is 27.1 Å². The molecule has 0 spiro atoms. The Hall–Kier alpha value is -1.91. The number of sulfonamides is 2. The highest BCUT2D eigenvalue weighted by molar-refractivity contribution is 7.92. The number of rotatable bonds is 4. The van der Waals surface area contributed by atoms with Gasteiger partial charge in [-0.3, -0.25) is 4.72 Å². The number of anilines is 1. The summed E-state index contributed by atoms with van der Waals surface area (Å²) in [7, 11) is -5.96. The maximum Gasteiger partial charge on any atom is 0.280 e. The fraction of sp³-hybridized carbons (Fsp3) is 0.100. The van der Waals surface area contributed by atoms with Crippen molar-refractivity contribution in [3.05, 3.63) is 36.8 Å². The van der Waals surface area contributed by atoms with Gasteiger partial charge >= 0.3 is 0 Å². The molecule has 10 heteroatoms. The van der Waals surface area contributed by atoms with Crippen LogP contribution in [0.4, 0.5) is 5.69 Å². The fourth-order valence-electron chi connectivity index (χ4n) is 1.45. The Morgan fingerprint density at radius 2 is 1.75 bits per heavy atom. The molecule has 0 amide bonds. The zero-order valence-corrected chi connectivity index (χ0v) is 12.0. The number of hydrogen-bond donors (Lipinski definition) is 2. The number of nitrogens with two attached hydrogens (primary N) is 1. The van der Waals surface area contributed by atoms with Crippen molar-refractivity contribution in [2.45, 2.75) is 9.92 Å². The largest absolute Gasteiger partial charge is 0.339 e. The molecular weight excluding hydrogens is 304 g/mol. The van der Waals surface area contributed by atoms with Crippen LogP contribution in [-0.4, -0.2) is 26.4 Å². The van der Waals surface area contributed by atoms with Crippen molar-refractivity contribution in [2.75, 3.05) is 4.72 Å². The van der Waals surface area contributed by atoms with Gasteiger partial charge in [0.25, 0.3) is 10.0 Å². The second-order valence-corrected chi connectivity index (χ2v) is 7.24. The van der Waals surface area contributed by atoms with Crippen LogP contribution in [0.5, 0.6) is 0 Å². The van der Waals surface area contributed by atoms with Crippen molar-refractivity contribution in [1.82, 2.24) is 9.55 Å². The van der Waals surface area contributed by atoms with Crippen LogP contribution in [0.1, 0.15) is 0 Å². The summed E-state index contributed by atoms with van der Waals surface area (Å²) in [5.41, 5.74) is 0.211. The van der Waals surface area contributed by atoms with Gasteiger partial charge < -0.3 is 4.57 Å². The molecule has 2 aromatic rings. The molecule has 1 aromatic carbocycles. The topological polar surface area (TPSA) is 124 Å². The first-order valence-corrected chi connectivity index (χ1v) is 8.35. The summed E-state index contributed by atoms with van der Waals surface area (Å²) in [5.74, 6) is 0. The lowest BCUT2D eigenvalue weighted by Gasteiger charge is -2.06. The summed E-state index contributed by atoms with van der Waals surface area (Å²) < 4.78 is 49.9. The van der Waals surface area contributed by atoms with Gasteiger partial charge in [0.05, 0.1) is 11.2 Å². The fourth-order valence-corrected chi connectivity index (χ4v) is 3.01. The maximum atomic E-state index is 12.0. The van der Waals surface area contributed by atoms with Gasteiger partial charge in [-0.2, -0.15) is 8.42 Å². The third kappa shape index (κ3) is 3.15. The van der Waals surface area contributed by atoms with Crippen molar-refractivity contribution < 1.29 is 16.8 Å². The van der Waals surface area contributed by atoms with Crippen molar-refractivity contribution in [2.24, 2.45) is 12.2 Å². The first-order chi connectivity index (χ1) is 9.18. The summed E-state index contributed by atoms with van der Waals surface area (Å²) in [6, 6.07) is 5.04. The van der Waals surface area contributed by atoms with Gasteiger partial charge in [0.15, 0.2) is 5.03 Å². The Kier molecular flexibility index (Phi) is 3.54. The van der Waals surface area contributed by atoms with E-state index in [0.29, 0.717) is 0 Å². The number of nitrogens with one attached hydrogen (secondary N) is 1. The lowest BCUT2D eigenvalue weighted by atomic mass is 10.3. The Morgan fingerprint density at radius 1 is 1.15 bits per heavy atom. The van der Waals surface area contributed by atoms with Crippen LogP contribution in [0.2, 0.25) is 0 Å². The first-order valence-electron chi connectivity index (χ1n) is 5.32. The van der Waals surface area contributed by atoms with Gasteiger partial charge in [0.1, 0.15) is 0 Å². The Morgan fingerprint density at radius 3 is 2.20 bits per heavy atom. The quantitative estimate of drug-likeness (QED) is 0.813. The van der Waals surface area contributed by atoms with E-state index in [4.69, 9.17) is 5.14 Å². The smallest absolute Gasteiger partial charge is 0.280 e. The number of nitrogens with zero attached hydrogens (tertiary/aromatic N) is 2. The number of imidazole rings is 1. The molecule has 0 aliphatic carbocycles. The van der Waals surface area contributed by atoms with Gasteiger partial charge in [0, 0.05) is 18.9 Å². The highest BCUT2D eigenvalue weighted by Crippen LogP contribution is 2.16. The van der Waals surface area contributed by atoms with Gasteiger partial charge in [-0.1, -0.05) is 0 Å². The molecule has 108 valence electrons. The third-order valence-corrected chi connectivity index (χ3v) is 4.59. The monoisotopic (exact) mass is 316 g/mol. The molecular formula is C10H12N4O4S2. The molecule has 0 atom stereocenters. The number of aryl methyl sites for hydroxylation is 1. The van der Waals surface area contributed by atoms with E-state index in [-0.39, 0.29) is 15.6 Å². The minimum atomic E-state index is -3.81. The SMILES string of the molecule is Cn1cnc(S(=O)(=O)Nc2ccc(S(N)(=O)=O)cc2)c1. The first kappa shape index (κ1) is 14.5. The number of hydrogen-bond acceptors (Lipinski definition) is 5. The van der Waals surface area contributed by atoms with Crippen molar-refractivity contribution >= 4 is 25.7 Å². The zero-order chi connectivity index (χ0) is 15.0. The molecule has 3 N–H and O–H groups in total. The highest BCUT2D eigenvalue weighted by Gasteiger charge is 2.17. The highest BCUT2D eigenvalue weighted by atomic mass is 32.2. The molecule has 0 saturated carbocycles. The Balaban J connectivity index is 2.26. The van der Waals surface area contributed by atoms with E-state index in [1.807, 2.05) is 0 Å². The van der Waals surface area contributed by atoms with E-state index in [1.54, 1.807) is 7.05 Å². The minimum Gasteiger partial charge on any atom is -0.339 e. The molecule has 2 rings (SSSR count). The van der Waals surface area contributed by atoms with Gasteiger partial charge in [-0.25, -0.2) is 18.5 Å². The predicted molar refractivity (Wildman–Crippen MR) is 71.8 cm³/mol. The molecule has 1 aromatic heterocycles. The number of primary sulfonamides is 1. The molecule has 0 aliphatic heterocycles. The summed E-state index contributed by atoms with van der Waals surface area (Å²) in [4.78, 5) is 3.64. The van der Waals surface area contributed by atoms with Crippen LogP contribution >= 0.6 is 0 Å². The van der Waals surface area contributed by atoms with Crippen molar-refractivity contribution in [3.63, 3.8) is 0 Å². The third-order valence-electron chi connectivity index (χ3n) is 2.39. The van der Waals surface area contributed by atoms with Gasteiger partial charge in [-0.15, -0.1) is 0 Å². The normalized spacial score (nSPS) is 12.3. The van der Waals surface area contributed by atoms with E-state index in [2.05, 4.69) is 9.71 Å². The zero-order valence-electron chi connectivity index (χ0n) is 10.4. The molecule has 20 heavy (non-hydrogen) atoms. The molecule has 0 fully saturated rings. The molecule has 0 saturated heterocycles. The molecule has 0 aliphatic rings. The van der Waals surface area contributed by atoms with E-state index >= 15 is 0 Å². The van der Waals surface area contributed by atoms with Gasteiger partial charge in [0.2, 0.25) is 10.0 Å². The standard InChI is InChI=1S/C10H12N4O4S2/c1-14-6-10(12-7-14)20(17,18)13-8-2-4-9(5-3-8)19(11,15)16/h2-7,13H,1H3,(H2,11,15,16). The molecule has 1 heterocycles. The predicted octanol–water partition coefficient (Wildman–Crippen LogP) is -0.132. The van der Waals surface area contributed by atoms with Crippen molar-refractivity contribution in [1.29, 1.82) is 0 Å². The van der Waals surface area contributed by atoms with Crippen LogP contribution in [0.15, 0.2) is 46.7 Å². The summed E-state index contributed by atoms with van der Waals surface area (Å²) in [6.45, 7) is 0. The second-order valence-electron chi connectivity index (χ2n) is 4.05. The summed E-state index contributed by atoms with van der Waals surface area (Å²) in [6.07, 6.45) is 2.71. The maximum absolute atomic E-state index is 12.0. The summed E-state index contributed by atoms with van der Waals surface area (Å²) in [5, 5.41) is 4.82. The van der Waals surface area contributed by atoms with Crippen LogP contribution in [0.25, 0.3) is 0 Å². The lowest BCUT2D eigenvalue weighted by molar-refractivity contribution is 0.596. The van der Waals surface area contributed by atoms with E-state index in [1.165, 1.54) is 41.4 Å². The van der Waals surface area contributed by atoms with E-state index in [0.717, 1.165) is 0 Å². The number of aromatic nitrogens is 2. The van der Waals surface area contributed by atoms with Crippen LogP contribution < -0.4 is 9.86 Å². The minimum absolute atomic E-state index is 0.0988. The van der Waals surface area contributed by atoms with Crippen molar-refractivity contribution in [3.8, 4) is 0 Å². The van der Waals surface area contributed by atoms with Crippen LogP contribution in [0, 0.1) is 0 Å². The van der Waals surface area contributed by atoms with Crippen LogP contribution in [0.3, 0.4) is 0 Å². The molecule has 8 nitrogen and oxygen atoms in total. The number of benzene rings is 1. The van der Waals surface area contributed by atoms with E-state index < -0.39 is 20.0 Å². The van der Waals surface area contributed by atoms with E-state index in [9.17, 15) is 16.8 Å². The lowest BCUT2D eigenvalue weighted by Crippen LogP contribution is -2.14. The average molecular weight is 316 g/mol.